The predicted molar refractivity (Wildman–Crippen MR) is 113 cm³/mol. The number of halogens is 1. The minimum atomic E-state index is -0.683. The Labute approximate surface area is 173 Å². The molecule has 0 aliphatic heterocycles. The lowest BCUT2D eigenvalue weighted by atomic mass is 9.94. The molecule has 1 fully saturated rings. The number of carbonyl (C=O) groups is 2. The molecule has 0 saturated heterocycles. The first-order valence-corrected chi connectivity index (χ1v) is 10.8. The van der Waals surface area contributed by atoms with Crippen molar-refractivity contribution in [1.82, 2.24) is 10.2 Å². The Balaban J connectivity index is 2.30. The highest BCUT2D eigenvalue weighted by Gasteiger charge is 2.32. The lowest BCUT2D eigenvalue weighted by Crippen LogP contribution is -2.47. The fraction of sp³-hybridized carbons (Fsp3) is 0.636. The van der Waals surface area contributed by atoms with Crippen LogP contribution in [0.3, 0.4) is 0 Å². The highest BCUT2D eigenvalue weighted by atomic mass is 35.5. The Morgan fingerprint density at radius 1 is 1.18 bits per heavy atom. The maximum absolute atomic E-state index is 13.3. The van der Waals surface area contributed by atoms with Gasteiger partial charge in [0.1, 0.15) is 17.7 Å². The second-order valence-electron chi connectivity index (χ2n) is 7.92. The molecule has 5 nitrogen and oxygen atoms in total. The molecule has 1 aromatic carbocycles. The summed E-state index contributed by atoms with van der Waals surface area (Å²) in [6.45, 7) is 4.71. The topological polar surface area (TPSA) is 58.6 Å². The molecule has 1 saturated carbocycles. The highest BCUT2D eigenvalue weighted by molar-refractivity contribution is 6.27. The number of amides is 2. The van der Waals surface area contributed by atoms with Crippen LogP contribution in [0, 0.1) is 5.92 Å². The molecule has 0 unspecified atom stereocenters. The number of hydrogen-bond donors (Lipinski definition) is 1. The maximum atomic E-state index is 13.3. The van der Waals surface area contributed by atoms with Crippen molar-refractivity contribution in [2.75, 3.05) is 19.5 Å². The Morgan fingerprint density at radius 2 is 1.82 bits per heavy atom. The number of benzene rings is 1. The van der Waals surface area contributed by atoms with E-state index in [1.165, 1.54) is 6.42 Å². The van der Waals surface area contributed by atoms with Crippen LogP contribution in [0.2, 0.25) is 0 Å². The van der Waals surface area contributed by atoms with Crippen molar-refractivity contribution in [2.45, 2.75) is 64.5 Å². The minimum absolute atomic E-state index is 0.126. The van der Waals surface area contributed by atoms with Gasteiger partial charge in [-0.15, -0.1) is 11.6 Å². The first-order chi connectivity index (χ1) is 13.5. The van der Waals surface area contributed by atoms with E-state index in [9.17, 15) is 9.59 Å². The molecule has 0 radical (unpaired) electrons. The van der Waals surface area contributed by atoms with Crippen LogP contribution in [0.5, 0.6) is 5.75 Å². The second-order valence-corrected chi connectivity index (χ2v) is 8.19. The SMILES string of the molecule is COc1ccc([C@H](C(=O)NC2CCCCC2)N(CCC(C)C)C(=O)CCl)cc1. The summed E-state index contributed by atoms with van der Waals surface area (Å²) in [5.41, 5.74) is 0.774. The molecule has 0 aromatic heterocycles. The van der Waals surface area contributed by atoms with Gasteiger partial charge in [0.15, 0.2) is 0 Å². The van der Waals surface area contributed by atoms with Crippen molar-refractivity contribution in [3.63, 3.8) is 0 Å². The van der Waals surface area contributed by atoms with Gasteiger partial charge in [-0.2, -0.15) is 0 Å². The normalized spacial score (nSPS) is 15.9. The molecule has 1 aromatic rings. The number of alkyl halides is 1. The van der Waals surface area contributed by atoms with Crippen molar-refractivity contribution >= 4 is 23.4 Å². The Kier molecular flexibility index (Phi) is 9.10. The van der Waals surface area contributed by atoms with Gasteiger partial charge < -0.3 is 15.0 Å². The third-order valence-electron chi connectivity index (χ3n) is 5.33. The molecule has 1 aliphatic rings. The Morgan fingerprint density at radius 3 is 2.36 bits per heavy atom. The quantitative estimate of drug-likeness (QED) is 0.620. The molecule has 6 heteroatoms. The molecule has 0 bridgehead atoms. The van der Waals surface area contributed by atoms with Gasteiger partial charge in [-0.25, -0.2) is 0 Å². The van der Waals surface area contributed by atoms with Crippen LogP contribution in [-0.2, 0) is 9.59 Å². The van der Waals surface area contributed by atoms with Gasteiger partial charge in [-0.1, -0.05) is 45.2 Å². The van der Waals surface area contributed by atoms with Crippen molar-refractivity contribution in [3.8, 4) is 5.75 Å². The lowest BCUT2D eigenvalue weighted by molar-refractivity contribution is -0.139. The van der Waals surface area contributed by atoms with E-state index in [1.807, 2.05) is 24.3 Å². The van der Waals surface area contributed by atoms with Crippen molar-refractivity contribution in [1.29, 1.82) is 0 Å². The minimum Gasteiger partial charge on any atom is -0.497 e. The van der Waals surface area contributed by atoms with E-state index in [4.69, 9.17) is 16.3 Å². The van der Waals surface area contributed by atoms with E-state index in [1.54, 1.807) is 12.0 Å². The smallest absolute Gasteiger partial charge is 0.247 e. The number of carbonyl (C=O) groups excluding carboxylic acids is 2. The zero-order valence-electron chi connectivity index (χ0n) is 17.2. The maximum Gasteiger partial charge on any atom is 0.247 e. The molecular weight excluding hydrogens is 376 g/mol. The largest absolute Gasteiger partial charge is 0.497 e. The molecular formula is C22H33ClN2O3. The summed E-state index contributed by atoms with van der Waals surface area (Å²) in [6.07, 6.45) is 6.30. The van der Waals surface area contributed by atoms with Gasteiger partial charge in [-0.05, 0) is 42.9 Å². The zero-order chi connectivity index (χ0) is 20.5. The van der Waals surface area contributed by atoms with E-state index >= 15 is 0 Å². The van der Waals surface area contributed by atoms with Crippen molar-refractivity contribution < 1.29 is 14.3 Å². The van der Waals surface area contributed by atoms with E-state index in [2.05, 4.69) is 19.2 Å². The molecule has 0 heterocycles. The van der Waals surface area contributed by atoms with Crippen LogP contribution in [0.25, 0.3) is 0 Å². The summed E-state index contributed by atoms with van der Waals surface area (Å²) in [7, 11) is 1.61. The third kappa shape index (κ3) is 6.40. The summed E-state index contributed by atoms with van der Waals surface area (Å²) in [4.78, 5) is 27.6. The van der Waals surface area contributed by atoms with Crippen LogP contribution in [0.1, 0.15) is 64.0 Å². The summed E-state index contributed by atoms with van der Waals surface area (Å²) in [5, 5.41) is 3.19. The van der Waals surface area contributed by atoms with E-state index < -0.39 is 6.04 Å². The fourth-order valence-electron chi connectivity index (χ4n) is 3.66. The van der Waals surface area contributed by atoms with Crippen LogP contribution in [0.4, 0.5) is 0 Å². The number of rotatable bonds is 9. The lowest BCUT2D eigenvalue weighted by Gasteiger charge is -2.33. The average molecular weight is 409 g/mol. The second kappa shape index (κ2) is 11.3. The van der Waals surface area contributed by atoms with Crippen molar-refractivity contribution in [3.05, 3.63) is 29.8 Å². The molecule has 1 N–H and O–H groups in total. The van der Waals surface area contributed by atoms with E-state index in [0.717, 1.165) is 37.7 Å². The number of ether oxygens (including phenoxy) is 1. The van der Waals surface area contributed by atoms with Gasteiger partial charge in [0.2, 0.25) is 11.8 Å². The molecule has 1 atom stereocenters. The molecule has 2 rings (SSSR count). The summed E-state index contributed by atoms with van der Waals surface area (Å²) < 4.78 is 5.24. The zero-order valence-corrected chi connectivity index (χ0v) is 18.0. The summed E-state index contributed by atoms with van der Waals surface area (Å²) in [6, 6.07) is 6.85. The third-order valence-corrected chi connectivity index (χ3v) is 5.55. The molecule has 2 amide bonds. The average Bonchev–Trinajstić information content (AvgIpc) is 2.71. The molecule has 0 spiro atoms. The summed E-state index contributed by atoms with van der Waals surface area (Å²) in [5.74, 6) is 0.652. The first kappa shape index (κ1) is 22.5. The van der Waals surface area contributed by atoms with Crippen LogP contribution in [0.15, 0.2) is 24.3 Å². The first-order valence-electron chi connectivity index (χ1n) is 10.3. The molecule has 28 heavy (non-hydrogen) atoms. The Hall–Kier alpha value is -1.75. The van der Waals surface area contributed by atoms with Gasteiger partial charge >= 0.3 is 0 Å². The highest BCUT2D eigenvalue weighted by Crippen LogP contribution is 2.26. The standard InChI is InChI=1S/C22H33ClN2O3/c1-16(2)13-14-25(20(26)15-23)21(17-9-11-19(28-3)12-10-17)22(27)24-18-7-5-4-6-8-18/h9-12,16,18,21H,4-8,13-15H2,1-3H3,(H,24,27)/t21-/m1/s1. The molecule has 156 valence electrons. The number of hydrogen-bond acceptors (Lipinski definition) is 3. The van der Waals surface area contributed by atoms with Gasteiger partial charge in [0, 0.05) is 12.6 Å². The fourth-order valence-corrected chi connectivity index (χ4v) is 3.81. The monoisotopic (exact) mass is 408 g/mol. The van der Waals surface area contributed by atoms with Gasteiger partial charge in [0.25, 0.3) is 0 Å². The molecule has 1 aliphatic carbocycles. The Bertz CT molecular complexity index is 627. The number of nitrogens with one attached hydrogen (secondary N) is 1. The number of nitrogens with zero attached hydrogens (tertiary/aromatic N) is 1. The van der Waals surface area contributed by atoms with Crippen molar-refractivity contribution in [2.24, 2.45) is 5.92 Å². The van der Waals surface area contributed by atoms with Crippen LogP contribution >= 0.6 is 11.6 Å². The van der Waals surface area contributed by atoms with E-state index in [-0.39, 0.29) is 23.7 Å². The van der Waals surface area contributed by atoms with Crippen LogP contribution < -0.4 is 10.1 Å². The predicted octanol–water partition coefficient (Wildman–Crippen LogP) is 4.30. The van der Waals surface area contributed by atoms with Gasteiger partial charge in [-0.3, -0.25) is 9.59 Å². The van der Waals surface area contributed by atoms with E-state index in [0.29, 0.717) is 18.2 Å². The summed E-state index contributed by atoms with van der Waals surface area (Å²) >= 11 is 5.89. The van der Waals surface area contributed by atoms with Crippen LogP contribution in [-0.4, -0.2) is 42.3 Å². The number of methoxy groups -OCH3 is 1. The van der Waals surface area contributed by atoms with Gasteiger partial charge in [0.05, 0.1) is 7.11 Å².